The Morgan fingerprint density at radius 3 is 1.38 bits per heavy atom. The summed E-state index contributed by atoms with van der Waals surface area (Å²) in [6.45, 7) is 11.7. The quantitative estimate of drug-likeness (QED) is 0.0956. The monoisotopic (exact) mass is 1350 g/mol. The first-order chi connectivity index (χ1) is 52.3. The molecule has 0 aliphatic heterocycles. The van der Waals surface area contributed by atoms with Gasteiger partial charge in [-0.3, -0.25) is 0 Å². The molecule has 0 saturated heterocycles. The van der Waals surface area contributed by atoms with Crippen molar-refractivity contribution in [2.45, 2.75) is 26.3 Å². The average Bonchev–Trinajstić information content (AvgIpc) is 1.63. The van der Waals surface area contributed by atoms with E-state index < -0.39 is 0 Å². The molecule has 0 radical (unpaired) electrons. The van der Waals surface area contributed by atoms with Gasteiger partial charge in [-0.15, -0.1) is 0 Å². The summed E-state index contributed by atoms with van der Waals surface area (Å²) in [7, 11) is 0. The maximum absolute atomic E-state index is 9.50. The van der Waals surface area contributed by atoms with Crippen molar-refractivity contribution in [3.05, 3.63) is 397 Å². The number of hydrogen-bond acceptors (Lipinski definition) is 3. The minimum absolute atomic E-state index is 0.0341. The van der Waals surface area contributed by atoms with Crippen LogP contribution < -0.4 is 9.80 Å². The molecule has 4 heteroatoms. The summed E-state index contributed by atoms with van der Waals surface area (Å²) in [5, 5.41) is 22.2. The van der Waals surface area contributed by atoms with E-state index in [1.807, 2.05) is 36.4 Å². The normalized spacial score (nSPS) is 12.9. The highest BCUT2D eigenvalue weighted by Gasteiger charge is 2.34. The molecule has 0 fully saturated rings. The second-order valence-electron chi connectivity index (χ2n) is 28.0. The zero-order chi connectivity index (χ0) is 70.9. The molecule has 3 aliphatic rings. The summed E-state index contributed by atoms with van der Waals surface area (Å²) >= 11 is 0. The van der Waals surface area contributed by atoms with Crippen LogP contribution >= 0.6 is 0 Å². The van der Waals surface area contributed by atoms with E-state index in [0.717, 1.165) is 34.9 Å². The maximum atomic E-state index is 9.50. The number of nitrogens with zero attached hydrogens (tertiary/aromatic N) is 4. The van der Waals surface area contributed by atoms with Gasteiger partial charge in [0.1, 0.15) is 0 Å². The van der Waals surface area contributed by atoms with Gasteiger partial charge >= 0.3 is 0 Å². The number of benzene rings is 17. The van der Waals surface area contributed by atoms with Crippen LogP contribution in [0, 0.1) is 31.8 Å². The molecular weight excluding hydrogens is 1280 g/mol. The second-order valence-corrected chi connectivity index (χ2v) is 28.0. The van der Waals surface area contributed by atoms with Gasteiger partial charge in [0.05, 0.1) is 29.9 Å². The molecule has 4 nitrogen and oxygen atoms in total. The number of rotatable bonds is 11. The van der Waals surface area contributed by atoms with Gasteiger partial charge in [-0.1, -0.05) is 296 Å². The molecule has 496 valence electrons. The molecule has 17 aromatic rings. The molecule has 1 unspecified atom stereocenters. The Kier molecular flexibility index (Phi) is 15.6. The molecule has 17 aromatic carbocycles. The smallest absolute Gasteiger partial charge is 0.187 e. The number of nitriles is 1. The van der Waals surface area contributed by atoms with Crippen LogP contribution in [0.4, 0.5) is 34.1 Å². The van der Waals surface area contributed by atoms with E-state index in [-0.39, 0.29) is 6.04 Å². The van der Waals surface area contributed by atoms with E-state index in [4.69, 9.17) is 6.57 Å². The van der Waals surface area contributed by atoms with Crippen LogP contribution in [0.5, 0.6) is 0 Å². The van der Waals surface area contributed by atoms with Crippen LogP contribution in [-0.4, -0.2) is 6.04 Å². The van der Waals surface area contributed by atoms with E-state index >= 15 is 0 Å². The summed E-state index contributed by atoms with van der Waals surface area (Å²) in [5.74, 6) is 0. The van der Waals surface area contributed by atoms with Crippen LogP contribution in [-0.2, 0) is 6.42 Å². The second kappa shape index (κ2) is 26.2. The SMILES string of the molecule is [C-]#[N+]c1ccc(N(c2ccc(C)cc2)C2C=Cc3ccc4c(N(c5ccc(C)cc5)c5ccc(C#N)cc5)ccc5c4c3C2=CC5)cc1.c1ccc(-c2c3c(c(-c4ccccc4)c4ccccc24)-c2ccc(-c4ccc5c(-c6ccccc6)c6ccccc6c(-c6ccccc6)c5c4)c4cccc-3c24)cc1. The molecule has 1 atom stereocenters. The third-order valence-electron chi connectivity index (χ3n) is 21.9. The van der Waals surface area contributed by atoms with E-state index in [2.05, 4.69) is 356 Å². The third kappa shape index (κ3) is 10.6. The first kappa shape index (κ1) is 63.1. The van der Waals surface area contributed by atoms with Crippen LogP contribution in [0.25, 0.3) is 148 Å². The Bertz CT molecular complexity index is 6430. The first-order valence-electron chi connectivity index (χ1n) is 36.4. The van der Waals surface area contributed by atoms with E-state index in [0.29, 0.717) is 11.3 Å². The fourth-order valence-electron chi connectivity index (χ4n) is 17.2. The third-order valence-corrected chi connectivity index (χ3v) is 21.9. The van der Waals surface area contributed by atoms with Crippen LogP contribution in [0.1, 0.15) is 33.4 Å². The predicted molar refractivity (Wildman–Crippen MR) is 447 cm³/mol. The van der Waals surface area contributed by atoms with Crippen molar-refractivity contribution in [3.8, 4) is 84.0 Å². The lowest BCUT2D eigenvalue weighted by molar-refractivity contribution is 0.950. The average molecular weight is 1350 g/mol. The van der Waals surface area contributed by atoms with Crippen molar-refractivity contribution >= 4 is 99.6 Å². The molecule has 106 heavy (non-hydrogen) atoms. The standard InChI is InChI=1S/C58H36.C44H32N4/c1-5-18-37(19-6-1)52-44-26-13-14-27-45(44)53(38-20-7-2-8-21-38)51-36-41(32-33-48(51)52)42-34-35-50-56-43(42)30-17-31-49(56)57-54(39-22-9-3-10-23-39)46-28-15-16-29-47(46)55(58(50)57)40-24-11-4-12-25-40;1-29-4-16-35(17-5-29)47(37-20-8-31(28-45)9-21-37)41-26-12-32-11-25-40-42(27-13-33-10-24-39(41)43(32)44(33)40)48(36-18-6-30(2)7-19-36)38-22-14-34(46-3)15-23-38/h1-36H;4-10,12-27,42H,11H2,1-2H3. The largest absolute Gasteiger partial charge is 0.330 e. The summed E-state index contributed by atoms with van der Waals surface area (Å²) in [4.78, 5) is 8.33. The first-order valence-corrected chi connectivity index (χ1v) is 36.4. The van der Waals surface area contributed by atoms with Crippen molar-refractivity contribution in [2.75, 3.05) is 9.80 Å². The molecular formula is C102H68N4. The molecule has 20 rings (SSSR count). The predicted octanol–water partition coefficient (Wildman–Crippen LogP) is 27.8. The van der Waals surface area contributed by atoms with E-state index in [9.17, 15) is 5.26 Å². The minimum atomic E-state index is -0.0341. The zero-order valence-electron chi connectivity index (χ0n) is 58.6. The molecule has 0 N–H and O–H groups in total. The highest BCUT2D eigenvalue weighted by atomic mass is 15.2. The number of fused-ring (bicyclic) bond motifs is 6. The minimum Gasteiger partial charge on any atom is -0.330 e. The number of hydrogen-bond donors (Lipinski definition) is 0. The highest BCUT2D eigenvalue weighted by Crippen LogP contribution is 2.59. The Balaban J connectivity index is 0.000000148. The highest BCUT2D eigenvalue weighted by molar-refractivity contribution is 6.29. The van der Waals surface area contributed by atoms with Crippen molar-refractivity contribution in [1.82, 2.24) is 0 Å². The van der Waals surface area contributed by atoms with Gasteiger partial charge in [0.2, 0.25) is 0 Å². The molecule has 3 aliphatic carbocycles. The van der Waals surface area contributed by atoms with Crippen molar-refractivity contribution in [1.29, 1.82) is 5.26 Å². The van der Waals surface area contributed by atoms with Crippen LogP contribution in [0.15, 0.2) is 352 Å². The Morgan fingerprint density at radius 2 is 0.821 bits per heavy atom. The Labute approximate surface area is 617 Å². The number of aryl methyl sites for hydroxylation is 2. The van der Waals surface area contributed by atoms with E-state index in [1.54, 1.807) is 0 Å². The topological polar surface area (TPSA) is 34.6 Å². The van der Waals surface area contributed by atoms with Gasteiger partial charge in [0, 0.05) is 28.1 Å². The maximum Gasteiger partial charge on any atom is 0.187 e. The van der Waals surface area contributed by atoms with Gasteiger partial charge in [-0.05, 0) is 242 Å². The van der Waals surface area contributed by atoms with Gasteiger partial charge in [0.15, 0.2) is 5.69 Å². The van der Waals surface area contributed by atoms with Gasteiger partial charge in [-0.25, -0.2) is 4.85 Å². The fourth-order valence-corrected chi connectivity index (χ4v) is 17.2. The van der Waals surface area contributed by atoms with Crippen molar-refractivity contribution in [3.63, 3.8) is 0 Å². The summed E-state index contributed by atoms with van der Waals surface area (Å²) in [6, 6.07) is 125. The van der Waals surface area contributed by atoms with Gasteiger partial charge in [0.25, 0.3) is 0 Å². The lowest BCUT2D eigenvalue weighted by atomic mass is 9.78. The van der Waals surface area contributed by atoms with Gasteiger partial charge < -0.3 is 9.80 Å². The Hall–Kier alpha value is -13.9. The molecule has 0 amide bonds. The van der Waals surface area contributed by atoms with Crippen molar-refractivity contribution < 1.29 is 0 Å². The lowest BCUT2D eigenvalue weighted by Gasteiger charge is -2.38. The number of allylic oxidation sites excluding steroid dienone is 1. The van der Waals surface area contributed by atoms with Gasteiger partial charge in [-0.2, -0.15) is 5.26 Å². The van der Waals surface area contributed by atoms with E-state index in [1.165, 1.54) is 165 Å². The molecule has 0 saturated carbocycles. The Morgan fingerprint density at radius 1 is 0.358 bits per heavy atom. The lowest BCUT2D eigenvalue weighted by Crippen LogP contribution is -2.33. The van der Waals surface area contributed by atoms with Crippen LogP contribution in [0.3, 0.4) is 0 Å². The number of anilines is 5. The van der Waals surface area contributed by atoms with Crippen molar-refractivity contribution in [2.24, 2.45) is 0 Å². The fraction of sp³-hybridized carbons (Fsp3) is 0.0392. The molecule has 0 aromatic heterocycles. The molecule has 0 spiro atoms. The van der Waals surface area contributed by atoms with Crippen LogP contribution in [0.2, 0.25) is 0 Å². The summed E-state index contributed by atoms with van der Waals surface area (Å²) in [5.41, 5.74) is 31.9. The molecule has 0 heterocycles. The summed E-state index contributed by atoms with van der Waals surface area (Å²) < 4.78 is 0. The zero-order valence-corrected chi connectivity index (χ0v) is 58.6. The summed E-state index contributed by atoms with van der Waals surface area (Å²) in [6.07, 6.45) is 7.83. The molecule has 0 bridgehead atoms.